The van der Waals surface area contributed by atoms with Crippen molar-refractivity contribution >= 4 is 65.4 Å². The third-order valence-electron chi connectivity index (χ3n) is 10.4. The van der Waals surface area contributed by atoms with Crippen molar-refractivity contribution in [2.24, 2.45) is 0 Å². The Balaban J connectivity index is 1.19. The Morgan fingerprint density at radius 2 is 0.804 bits per heavy atom. The second-order valence-corrected chi connectivity index (χ2v) is 13.2. The van der Waals surface area contributed by atoms with Gasteiger partial charge < -0.3 is 9.13 Å². The first-order valence-electron chi connectivity index (χ1n) is 17.4. The van der Waals surface area contributed by atoms with Crippen LogP contribution in [-0.2, 0) is 0 Å². The molecule has 0 saturated heterocycles. The fourth-order valence-electron chi connectivity index (χ4n) is 8.28. The van der Waals surface area contributed by atoms with Crippen LogP contribution in [-0.4, -0.2) is 18.7 Å². The van der Waals surface area contributed by atoms with E-state index in [-0.39, 0.29) is 0 Å². The minimum atomic E-state index is 0.892. The van der Waals surface area contributed by atoms with Gasteiger partial charge in [-0.15, -0.1) is 0 Å². The van der Waals surface area contributed by atoms with Gasteiger partial charge in [-0.1, -0.05) is 115 Å². The number of hydrogen-bond acceptors (Lipinski definition) is 1. The average Bonchev–Trinajstić information content (AvgIpc) is 3.84. The highest BCUT2D eigenvalue weighted by molar-refractivity contribution is 6.23. The normalized spacial score (nSPS) is 11.9. The van der Waals surface area contributed by atoms with E-state index in [9.17, 15) is 0 Å². The number of pyridine rings is 1. The first-order valence-corrected chi connectivity index (χ1v) is 17.4. The van der Waals surface area contributed by atoms with E-state index in [2.05, 4.69) is 196 Å². The zero-order valence-corrected chi connectivity index (χ0v) is 27.6. The molecular weight excluding hydrogens is 621 g/mol. The zero-order chi connectivity index (χ0) is 33.5. The molecule has 0 aliphatic rings. The van der Waals surface area contributed by atoms with Gasteiger partial charge in [0.05, 0.1) is 38.8 Å². The summed E-state index contributed by atoms with van der Waals surface area (Å²) in [6, 6.07) is 65.2. The van der Waals surface area contributed by atoms with Gasteiger partial charge in [-0.2, -0.15) is 0 Å². The van der Waals surface area contributed by atoms with Gasteiger partial charge in [0.1, 0.15) is 5.82 Å². The van der Waals surface area contributed by atoms with Crippen molar-refractivity contribution in [3.05, 3.63) is 182 Å². The number of rotatable bonds is 4. The Labute approximate surface area is 293 Å². The van der Waals surface area contributed by atoms with Crippen LogP contribution >= 0.6 is 0 Å². The van der Waals surface area contributed by atoms with Crippen molar-refractivity contribution in [3.63, 3.8) is 0 Å². The van der Waals surface area contributed by atoms with Gasteiger partial charge in [0.2, 0.25) is 0 Å². The van der Waals surface area contributed by atoms with E-state index >= 15 is 0 Å². The van der Waals surface area contributed by atoms with E-state index in [0.717, 1.165) is 39.5 Å². The van der Waals surface area contributed by atoms with Gasteiger partial charge in [-0.25, -0.2) is 4.98 Å². The van der Waals surface area contributed by atoms with E-state index in [1.807, 2.05) is 0 Å². The molecule has 0 unspecified atom stereocenters. The lowest BCUT2D eigenvalue weighted by Gasteiger charge is -2.13. The average molecular weight is 651 g/mol. The quantitative estimate of drug-likeness (QED) is 0.186. The molecule has 0 aliphatic carbocycles. The van der Waals surface area contributed by atoms with Crippen LogP contribution < -0.4 is 0 Å². The molecule has 0 saturated carbocycles. The molecule has 0 bridgehead atoms. The number of fused-ring (bicyclic) bond motifs is 10. The summed E-state index contributed by atoms with van der Waals surface area (Å²) in [5, 5.41) is 7.32. The molecule has 7 aromatic carbocycles. The van der Waals surface area contributed by atoms with Crippen molar-refractivity contribution in [3.8, 4) is 28.5 Å². The molecule has 4 nitrogen and oxygen atoms in total. The van der Waals surface area contributed by atoms with E-state index < -0.39 is 0 Å². The minimum absolute atomic E-state index is 0.892. The van der Waals surface area contributed by atoms with Crippen molar-refractivity contribution < 1.29 is 0 Å². The Morgan fingerprint density at radius 3 is 1.45 bits per heavy atom. The van der Waals surface area contributed by atoms with Crippen LogP contribution in [0.2, 0.25) is 0 Å². The largest absolute Gasteiger partial charge is 0.309 e. The molecule has 11 rings (SSSR count). The summed E-state index contributed by atoms with van der Waals surface area (Å²) in [4.78, 5) is 5.45. The summed E-state index contributed by atoms with van der Waals surface area (Å²) in [6.07, 6.45) is 0. The molecular formula is C47H30N4. The minimum Gasteiger partial charge on any atom is -0.309 e. The molecule has 4 aromatic heterocycles. The van der Waals surface area contributed by atoms with E-state index in [0.29, 0.717) is 0 Å². The lowest BCUT2D eigenvalue weighted by molar-refractivity contribution is 1.08. The summed E-state index contributed by atoms with van der Waals surface area (Å²) in [5.41, 5.74) is 11.3. The summed E-state index contributed by atoms with van der Waals surface area (Å²) >= 11 is 0. The highest BCUT2D eigenvalue weighted by Gasteiger charge is 2.22. The maximum atomic E-state index is 5.45. The maximum Gasteiger partial charge on any atom is 0.138 e. The highest BCUT2D eigenvalue weighted by Crippen LogP contribution is 2.42. The van der Waals surface area contributed by atoms with Crippen molar-refractivity contribution in [2.75, 3.05) is 0 Å². The van der Waals surface area contributed by atoms with Crippen LogP contribution in [0.5, 0.6) is 0 Å². The lowest BCUT2D eigenvalue weighted by atomic mass is 10.1. The number of para-hydroxylation sites is 5. The molecule has 0 amide bonds. The number of aromatic nitrogens is 4. The predicted molar refractivity (Wildman–Crippen MR) is 213 cm³/mol. The lowest BCUT2D eigenvalue weighted by Crippen LogP contribution is -2.01. The number of nitrogens with zero attached hydrogens (tertiary/aromatic N) is 4. The maximum absolute atomic E-state index is 5.45. The molecule has 0 fully saturated rings. The van der Waals surface area contributed by atoms with Crippen LogP contribution in [0, 0.1) is 0 Å². The number of benzene rings is 7. The summed E-state index contributed by atoms with van der Waals surface area (Å²) in [5.74, 6) is 0.892. The van der Waals surface area contributed by atoms with Gasteiger partial charge in [0, 0.05) is 49.3 Å². The molecule has 51 heavy (non-hydrogen) atoms. The SMILES string of the molecule is c1ccc(-n2c3ccccc3c3cc(-c4cccc(-n5c6ccccc6c6ccc7c8ccccc8n(-c8ccccc8)c7c65)n4)ccc32)cc1. The molecule has 0 N–H and O–H groups in total. The second kappa shape index (κ2) is 10.8. The van der Waals surface area contributed by atoms with E-state index in [1.54, 1.807) is 0 Å². The molecule has 0 radical (unpaired) electrons. The van der Waals surface area contributed by atoms with E-state index in [4.69, 9.17) is 4.98 Å². The highest BCUT2D eigenvalue weighted by atomic mass is 15.1. The topological polar surface area (TPSA) is 27.7 Å². The standard InChI is InChI=1S/C47H30N4/c1-3-14-32(15-4-1)49-41-22-10-9-20-36(41)39-30-31(26-29-44(39)49)40-21-13-25-45(48-40)51-43-24-12-8-19-35(43)38-28-27-37-34-18-7-11-23-42(34)50(46(37)47(38)51)33-16-5-2-6-17-33/h1-30H. The third-order valence-corrected chi connectivity index (χ3v) is 10.4. The zero-order valence-electron chi connectivity index (χ0n) is 27.6. The van der Waals surface area contributed by atoms with Crippen molar-refractivity contribution in [2.45, 2.75) is 0 Å². The smallest absolute Gasteiger partial charge is 0.138 e. The van der Waals surface area contributed by atoms with Gasteiger partial charge >= 0.3 is 0 Å². The fraction of sp³-hybridized carbons (Fsp3) is 0. The van der Waals surface area contributed by atoms with Crippen LogP contribution in [0.4, 0.5) is 0 Å². The summed E-state index contributed by atoms with van der Waals surface area (Å²) in [7, 11) is 0. The molecule has 4 heteroatoms. The van der Waals surface area contributed by atoms with Gasteiger partial charge in [0.15, 0.2) is 0 Å². The first kappa shape index (κ1) is 28.0. The molecule has 4 heterocycles. The van der Waals surface area contributed by atoms with Crippen molar-refractivity contribution in [1.82, 2.24) is 18.7 Å². The Morgan fingerprint density at radius 1 is 0.314 bits per heavy atom. The van der Waals surface area contributed by atoms with Crippen LogP contribution in [0.3, 0.4) is 0 Å². The van der Waals surface area contributed by atoms with Crippen LogP contribution in [0.1, 0.15) is 0 Å². The Bertz CT molecular complexity index is 3130. The Kier molecular flexibility index (Phi) is 5.92. The van der Waals surface area contributed by atoms with Crippen LogP contribution in [0.15, 0.2) is 182 Å². The van der Waals surface area contributed by atoms with Gasteiger partial charge in [0.25, 0.3) is 0 Å². The second-order valence-electron chi connectivity index (χ2n) is 13.2. The summed E-state index contributed by atoms with van der Waals surface area (Å²) in [6.45, 7) is 0. The fourth-order valence-corrected chi connectivity index (χ4v) is 8.28. The van der Waals surface area contributed by atoms with Gasteiger partial charge in [-0.05, 0) is 66.7 Å². The molecule has 0 atom stereocenters. The van der Waals surface area contributed by atoms with E-state index in [1.165, 1.54) is 54.4 Å². The predicted octanol–water partition coefficient (Wildman–Crippen LogP) is 12.0. The molecule has 11 aromatic rings. The molecule has 0 spiro atoms. The Hall–Kier alpha value is -6.91. The van der Waals surface area contributed by atoms with Crippen molar-refractivity contribution in [1.29, 1.82) is 0 Å². The molecule has 0 aliphatic heterocycles. The van der Waals surface area contributed by atoms with Gasteiger partial charge in [-0.3, -0.25) is 4.57 Å². The monoisotopic (exact) mass is 650 g/mol. The summed E-state index contributed by atoms with van der Waals surface area (Å²) < 4.78 is 7.14. The first-order chi connectivity index (χ1) is 25.3. The van der Waals surface area contributed by atoms with Crippen LogP contribution in [0.25, 0.3) is 93.9 Å². The molecule has 238 valence electrons. The third kappa shape index (κ3) is 4.05. The number of hydrogen-bond donors (Lipinski definition) is 0.